The number of Topliss-reactive ketones (excluding diaryl/α,β-unsaturated/α-hetero) is 2. The van der Waals surface area contributed by atoms with Gasteiger partial charge in [-0.25, -0.2) is 21.6 Å². The summed E-state index contributed by atoms with van der Waals surface area (Å²) in [6, 6.07) is 11.3. The molecule has 18 heteroatoms. The Balaban J connectivity index is 0.00000605. The van der Waals surface area contributed by atoms with Crippen molar-refractivity contribution in [2.45, 2.75) is 43.4 Å². The molecule has 0 atom stereocenters. The normalized spacial score (nSPS) is 18.9. The number of hydroxylamine groups is 2. The minimum absolute atomic E-state index is 0. The van der Waals surface area contributed by atoms with E-state index >= 15 is 0 Å². The number of rotatable bonds is 14. The van der Waals surface area contributed by atoms with Crippen LogP contribution in [0.4, 0.5) is 11.4 Å². The average molecular weight is 764 g/mol. The molecule has 3 aliphatic heterocycles. The van der Waals surface area contributed by atoms with Gasteiger partial charge in [0, 0.05) is 53.2 Å². The van der Waals surface area contributed by atoms with Crippen molar-refractivity contribution in [3.05, 3.63) is 88.5 Å². The van der Waals surface area contributed by atoms with Crippen molar-refractivity contribution in [3.8, 4) is 0 Å². The summed E-state index contributed by atoms with van der Waals surface area (Å²) in [4.78, 5) is 66.4. The molecule has 15 nitrogen and oxygen atoms in total. The second-order valence-corrected chi connectivity index (χ2v) is 15.8. The first-order valence-electron chi connectivity index (χ1n) is 15.7. The van der Waals surface area contributed by atoms with E-state index in [9.17, 15) is 45.4 Å². The summed E-state index contributed by atoms with van der Waals surface area (Å²) in [5.74, 6) is -3.87. The minimum atomic E-state index is -4.47. The first kappa shape index (κ1) is 40.8. The van der Waals surface area contributed by atoms with Crippen LogP contribution in [0, 0.1) is 0 Å². The minimum Gasteiger partial charge on any atom is -0.748 e. The van der Waals surface area contributed by atoms with Crippen molar-refractivity contribution >= 4 is 60.7 Å². The van der Waals surface area contributed by atoms with E-state index in [-0.39, 0.29) is 77.3 Å². The Morgan fingerprint density at radius 1 is 1.00 bits per heavy atom. The van der Waals surface area contributed by atoms with Crippen LogP contribution < -0.4 is 39.8 Å². The Morgan fingerprint density at radius 2 is 1.67 bits per heavy atom. The van der Waals surface area contributed by atoms with Crippen molar-refractivity contribution in [2.75, 3.05) is 42.3 Å². The summed E-state index contributed by atoms with van der Waals surface area (Å²) in [6.45, 7) is 2.73. The van der Waals surface area contributed by atoms with Crippen LogP contribution in [-0.4, -0.2) is 87.9 Å². The largest absolute Gasteiger partial charge is 1.00 e. The van der Waals surface area contributed by atoms with Crippen LogP contribution in [0.5, 0.6) is 0 Å². The second kappa shape index (κ2) is 16.4. The molecule has 0 bridgehead atoms. The number of hydrogen-bond donors (Lipinski definition) is 1. The van der Waals surface area contributed by atoms with Crippen LogP contribution >= 0.6 is 0 Å². The van der Waals surface area contributed by atoms with Crippen LogP contribution in [0.3, 0.4) is 0 Å². The Bertz CT molecular complexity index is 2110. The van der Waals surface area contributed by atoms with Crippen molar-refractivity contribution < 1.29 is 84.5 Å². The molecule has 1 saturated heterocycles. The molecular formula is C34H34N3NaO12S2. The molecular weight excluding hydrogens is 730 g/mol. The van der Waals surface area contributed by atoms with Gasteiger partial charge in [0.2, 0.25) is 15.6 Å². The number of imide groups is 1. The number of fused-ring (bicyclic) bond motifs is 2. The molecule has 3 aliphatic rings. The van der Waals surface area contributed by atoms with Gasteiger partial charge in [-0.1, -0.05) is 38.1 Å². The molecule has 0 aromatic heterocycles. The predicted molar refractivity (Wildman–Crippen MR) is 181 cm³/mol. The molecule has 5 rings (SSSR count). The Hall–Kier alpha value is -3.97. The van der Waals surface area contributed by atoms with E-state index in [4.69, 9.17) is 9.57 Å². The number of nitrogens with one attached hydrogen (secondary N) is 1. The third-order valence-electron chi connectivity index (χ3n) is 8.39. The molecule has 1 fully saturated rings. The number of carbonyl (C=O) groups excluding carboxylic acids is 5. The molecule has 2 aromatic carbocycles. The van der Waals surface area contributed by atoms with Gasteiger partial charge in [0.1, 0.15) is 18.1 Å². The molecule has 0 saturated carbocycles. The van der Waals surface area contributed by atoms with Gasteiger partial charge in [-0.05, 0) is 54.5 Å². The summed E-state index contributed by atoms with van der Waals surface area (Å²) in [7, 11) is -8.44. The number of amides is 2. The molecule has 3 heterocycles. The van der Waals surface area contributed by atoms with E-state index in [1.165, 1.54) is 24.3 Å². The van der Waals surface area contributed by atoms with Gasteiger partial charge in [-0.2, -0.15) is 0 Å². The van der Waals surface area contributed by atoms with Gasteiger partial charge >= 0.3 is 35.5 Å². The number of allylic oxidation sites excluding steroid dienone is 6. The van der Waals surface area contributed by atoms with Gasteiger partial charge < -0.3 is 24.3 Å². The van der Waals surface area contributed by atoms with E-state index in [1.54, 1.807) is 36.4 Å². The van der Waals surface area contributed by atoms with Crippen LogP contribution in [0.25, 0.3) is 0 Å². The fourth-order valence-corrected chi connectivity index (χ4v) is 7.97. The number of hydrogen-bond acceptors (Lipinski definition) is 14. The van der Waals surface area contributed by atoms with E-state index < -0.39 is 73.7 Å². The summed E-state index contributed by atoms with van der Waals surface area (Å²) in [5, 5.41) is 3.39. The topological polar surface area (TPSA) is 214 Å². The van der Waals surface area contributed by atoms with Gasteiger partial charge in [0.25, 0.3) is 11.8 Å². The van der Waals surface area contributed by atoms with E-state index in [2.05, 4.69) is 5.32 Å². The molecule has 0 radical (unpaired) electrons. The van der Waals surface area contributed by atoms with Crippen molar-refractivity contribution in [1.82, 2.24) is 5.06 Å². The standard InChI is InChI=1S/C34H35N3O12S2.Na/c1-34(2)25-18-22(35-19-23(38)20-48-21-32(41)49-37-30(39)14-15-31(37)40)12-13-26(25)36(16-7-17-50(43,44)45)29(34)11-6-5-10-28-33(42)24-8-3-4-9-27(24)51(28,46)47;/h3-6,8-13,18,35H,7,14-17,19-21H2,1-2H3,(H,43,44,45);/q;+1/p-1/b6-5+,28-10-,29-11-;. The number of carbonyl (C=O) groups is 5. The number of nitrogens with zero attached hydrogens (tertiary/aromatic N) is 2. The van der Waals surface area contributed by atoms with Crippen LogP contribution in [0.1, 0.15) is 49.0 Å². The van der Waals surface area contributed by atoms with E-state index in [0.29, 0.717) is 16.4 Å². The Morgan fingerprint density at radius 3 is 2.35 bits per heavy atom. The molecule has 2 amide bonds. The molecule has 0 aliphatic carbocycles. The summed E-state index contributed by atoms with van der Waals surface area (Å²) in [6.07, 6.45) is 5.89. The smallest absolute Gasteiger partial charge is 0.748 e. The third-order valence-corrected chi connectivity index (χ3v) is 11.0. The van der Waals surface area contributed by atoms with Crippen LogP contribution in [0.15, 0.2) is 82.3 Å². The fraction of sp³-hybridized carbons (Fsp3) is 0.324. The average Bonchev–Trinajstić information content (AvgIpc) is 3.56. The van der Waals surface area contributed by atoms with Crippen LogP contribution in [-0.2, 0) is 54.1 Å². The summed E-state index contributed by atoms with van der Waals surface area (Å²) < 4.78 is 65.0. The quantitative estimate of drug-likeness (QED) is 0.109. The fourth-order valence-electron chi connectivity index (χ4n) is 5.93. The van der Waals surface area contributed by atoms with Crippen molar-refractivity contribution in [2.24, 2.45) is 0 Å². The van der Waals surface area contributed by atoms with Gasteiger partial charge in [-0.3, -0.25) is 19.2 Å². The predicted octanol–water partition coefficient (Wildman–Crippen LogP) is -0.677. The Labute approximate surface area is 322 Å². The van der Waals surface area contributed by atoms with Crippen molar-refractivity contribution in [1.29, 1.82) is 0 Å². The first-order valence-corrected chi connectivity index (χ1v) is 18.8. The first-order chi connectivity index (χ1) is 24.0. The maximum Gasteiger partial charge on any atom is 1.00 e. The van der Waals surface area contributed by atoms with Crippen LogP contribution in [0.2, 0.25) is 0 Å². The molecule has 0 unspecified atom stereocenters. The molecule has 1 N–H and O–H groups in total. The monoisotopic (exact) mass is 763 g/mol. The molecule has 2 aromatic rings. The maximum absolute atomic E-state index is 12.9. The zero-order valence-corrected chi connectivity index (χ0v) is 32.3. The molecule has 0 spiro atoms. The SMILES string of the molecule is CC1(C)/C(=C/C=C/C=C2/C(=O)c3ccccc3S2(=O)=O)N(CCCS(=O)(=O)[O-])c2ccc(NCC(=O)COCC(=O)ON3C(=O)CCC3=O)cc21.[Na+]. The Kier molecular flexibility index (Phi) is 12.8. The van der Waals surface area contributed by atoms with E-state index in [1.807, 2.05) is 24.8 Å². The number of benzene rings is 2. The maximum atomic E-state index is 12.9. The zero-order valence-electron chi connectivity index (χ0n) is 28.6. The zero-order chi connectivity index (χ0) is 37.1. The van der Waals surface area contributed by atoms with Gasteiger partial charge in [0.15, 0.2) is 5.78 Å². The number of anilines is 2. The molecule has 52 heavy (non-hydrogen) atoms. The van der Waals surface area contributed by atoms with E-state index in [0.717, 1.165) is 11.3 Å². The number of ether oxygens (including phenoxy) is 1. The summed E-state index contributed by atoms with van der Waals surface area (Å²) >= 11 is 0. The van der Waals surface area contributed by atoms with Gasteiger partial charge in [-0.15, -0.1) is 5.06 Å². The number of sulfone groups is 1. The molecule has 270 valence electrons. The third kappa shape index (κ3) is 8.97. The van der Waals surface area contributed by atoms with Gasteiger partial charge in [0.05, 0.1) is 21.6 Å². The second-order valence-electron chi connectivity index (χ2n) is 12.4. The number of ketones is 2. The van der Waals surface area contributed by atoms with Crippen molar-refractivity contribution in [3.63, 3.8) is 0 Å². The summed E-state index contributed by atoms with van der Waals surface area (Å²) in [5.41, 5.74) is 2.20.